The Morgan fingerprint density at radius 2 is 2.17 bits per heavy atom. The Hall–Kier alpha value is -2.21. The van der Waals surface area contributed by atoms with E-state index in [0.717, 1.165) is 25.9 Å². The van der Waals surface area contributed by atoms with E-state index in [1.54, 1.807) is 23.7 Å². The van der Waals surface area contributed by atoms with E-state index in [4.69, 9.17) is 9.47 Å². The summed E-state index contributed by atoms with van der Waals surface area (Å²) in [6.07, 6.45) is 4.54. The highest BCUT2D eigenvalue weighted by Crippen LogP contribution is 2.17. The van der Waals surface area contributed by atoms with Crippen LogP contribution < -0.4 is 0 Å². The van der Waals surface area contributed by atoms with Gasteiger partial charge in [0.25, 0.3) is 0 Å². The Bertz CT molecular complexity index is 676. The number of esters is 1. The average Bonchev–Trinajstić information content (AvgIpc) is 2.96. The van der Waals surface area contributed by atoms with Crippen LogP contribution >= 0.6 is 0 Å². The van der Waals surface area contributed by atoms with Crippen molar-refractivity contribution in [2.24, 2.45) is 0 Å². The van der Waals surface area contributed by atoms with Gasteiger partial charge in [0.05, 0.1) is 23.7 Å². The average molecular weight is 318 g/mol. The van der Waals surface area contributed by atoms with Crippen LogP contribution in [0.15, 0.2) is 30.5 Å². The van der Waals surface area contributed by atoms with Gasteiger partial charge < -0.3 is 9.47 Å². The number of carbonyl (C=O) groups is 1. The second-order valence-corrected chi connectivity index (χ2v) is 5.62. The van der Waals surface area contributed by atoms with E-state index in [2.05, 4.69) is 5.10 Å². The van der Waals surface area contributed by atoms with E-state index in [0.29, 0.717) is 16.9 Å². The van der Waals surface area contributed by atoms with Crippen LogP contribution in [0.4, 0.5) is 4.39 Å². The Labute approximate surface area is 134 Å². The van der Waals surface area contributed by atoms with Crippen molar-refractivity contribution in [2.75, 3.05) is 13.2 Å². The molecule has 1 aliphatic heterocycles. The van der Waals surface area contributed by atoms with E-state index < -0.39 is 5.97 Å². The first-order valence-electron chi connectivity index (χ1n) is 7.74. The van der Waals surface area contributed by atoms with Gasteiger partial charge in [-0.1, -0.05) is 0 Å². The third-order valence-corrected chi connectivity index (χ3v) is 3.98. The number of rotatable bonds is 4. The van der Waals surface area contributed by atoms with Gasteiger partial charge in [-0.3, -0.25) is 0 Å². The smallest absolute Gasteiger partial charge is 0.341 e. The minimum Gasteiger partial charge on any atom is -0.459 e. The minimum atomic E-state index is -0.412. The van der Waals surface area contributed by atoms with Crippen molar-refractivity contribution in [1.29, 1.82) is 0 Å². The van der Waals surface area contributed by atoms with Crippen LogP contribution in [0.1, 0.15) is 35.3 Å². The Balaban J connectivity index is 1.68. The van der Waals surface area contributed by atoms with Crippen LogP contribution in [0.5, 0.6) is 0 Å². The van der Waals surface area contributed by atoms with Crippen molar-refractivity contribution in [3.8, 4) is 5.69 Å². The van der Waals surface area contributed by atoms with Crippen molar-refractivity contribution < 1.29 is 18.7 Å². The van der Waals surface area contributed by atoms with E-state index in [1.165, 1.54) is 18.3 Å². The second-order valence-electron chi connectivity index (χ2n) is 5.62. The number of nitrogens with zero attached hydrogens (tertiary/aromatic N) is 2. The molecule has 6 heteroatoms. The van der Waals surface area contributed by atoms with Crippen LogP contribution in [0.2, 0.25) is 0 Å². The van der Waals surface area contributed by atoms with Gasteiger partial charge in [-0.05, 0) is 50.5 Å². The molecule has 0 aliphatic carbocycles. The van der Waals surface area contributed by atoms with Gasteiger partial charge in [0.15, 0.2) is 0 Å². The monoisotopic (exact) mass is 318 g/mol. The zero-order valence-electron chi connectivity index (χ0n) is 13.0. The molecular weight excluding hydrogens is 299 g/mol. The maximum atomic E-state index is 13.0. The SMILES string of the molecule is Cc1c(C(=O)OCC2CCCCO2)cnn1-c1ccc(F)cc1. The van der Waals surface area contributed by atoms with Crippen LogP contribution in [0.25, 0.3) is 5.69 Å². The first-order chi connectivity index (χ1) is 11.1. The predicted molar refractivity (Wildman–Crippen MR) is 82.1 cm³/mol. The van der Waals surface area contributed by atoms with Crippen LogP contribution in [-0.4, -0.2) is 35.1 Å². The molecule has 1 atom stereocenters. The summed E-state index contributed by atoms with van der Waals surface area (Å²) in [6.45, 7) is 2.77. The zero-order chi connectivity index (χ0) is 16.2. The molecule has 1 aromatic heterocycles. The zero-order valence-corrected chi connectivity index (χ0v) is 13.0. The fraction of sp³-hybridized carbons (Fsp3) is 0.412. The molecule has 0 saturated carbocycles. The van der Waals surface area contributed by atoms with Gasteiger partial charge in [0.2, 0.25) is 0 Å². The molecule has 1 aromatic carbocycles. The van der Waals surface area contributed by atoms with Gasteiger partial charge >= 0.3 is 5.97 Å². The van der Waals surface area contributed by atoms with E-state index in [-0.39, 0.29) is 18.5 Å². The van der Waals surface area contributed by atoms with Gasteiger partial charge in [-0.25, -0.2) is 13.9 Å². The molecule has 0 radical (unpaired) electrons. The third-order valence-electron chi connectivity index (χ3n) is 3.98. The number of aromatic nitrogens is 2. The number of benzene rings is 1. The molecule has 3 rings (SSSR count). The molecule has 0 bridgehead atoms. The Morgan fingerprint density at radius 3 is 2.87 bits per heavy atom. The highest BCUT2D eigenvalue weighted by molar-refractivity contribution is 5.90. The molecule has 2 aromatic rings. The topological polar surface area (TPSA) is 53.4 Å². The molecule has 23 heavy (non-hydrogen) atoms. The molecule has 5 nitrogen and oxygen atoms in total. The molecule has 0 N–H and O–H groups in total. The lowest BCUT2D eigenvalue weighted by atomic mass is 10.1. The number of ether oxygens (including phenoxy) is 2. The molecular formula is C17H19FN2O3. The highest BCUT2D eigenvalue weighted by Gasteiger charge is 2.20. The maximum Gasteiger partial charge on any atom is 0.341 e. The van der Waals surface area contributed by atoms with Crippen molar-refractivity contribution in [3.05, 3.63) is 47.5 Å². The van der Waals surface area contributed by atoms with Gasteiger partial charge in [-0.15, -0.1) is 0 Å². The van der Waals surface area contributed by atoms with Crippen molar-refractivity contribution in [2.45, 2.75) is 32.3 Å². The lowest BCUT2D eigenvalue weighted by molar-refractivity contribution is -0.0300. The van der Waals surface area contributed by atoms with Crippen LogP contribution in [0.3, 0.4) is 0 Å². The fourth-order valence-corrected chi connectivity index (χ4v) is 2.64. The number of hydrogen-bond acceptors (Lipinski definition) is 4. The van der Waals surface area contributed by atoms with E-state index >= 15 is 0 Å². The molecule has 1 aliphatic rings. The van der Waals surface area contributed by atoms with Gasteiger partial charge in [0, 0.05) is 6.61 Å². The lowest BCUT2D eigenvalue weighted by Gasteiger charge is -2.21. The van der Waals surface area contributed by atoms with Crippen LogP contribution in [-0.2, 0) is 9.47 Å². The predicted octanol–water partition coefficient (Wildman–Crippen LogP) is 3.05. The summed E-state index contributed by atoms with van der Waals surface area (Å²) >= 11 is 0. The van der Waals surface area contributed by atoms with Gasteiger partial charge in [0.1, 0.15) is 18.0 Å². The number of carbonyl (C=O) groups excluding carboxylic acids is 1. The first kappa shape index (κ1) is 15.7. The number of halogens is 1. The quantitative estimate of drug-likeness (QED) is 0.813. The molecule has 2 heterocycles. The summed E-state index contributed by atoms with van der Waals surface area (Å²) in [4.78, 5) is 12.2. The second kappa shape index (κ2) is 6.91. The molecule has 0 amide bonds. The summed E-state index contributed by atoms with van der Waals surface area (Å²) in [6, 6.07) is 5.93. The van der Waals surface area contributed by atoms with Crippen molar-refractivity contribution in [1.82, 2.24) is 9.78 Å². The Morgan fingerprint density at radius 1 is 1.39 bits per heavy atom. The van der Waals surface area contributed by atoms with E-state index in [9.17, 15) is 9.18 Å². The number of hydrogen-bond donors (Lipinski definition) is 0. The maximum absolute atomic E-state index is 13.0. The standard InChI is InChI=1S/C17H19FN2O3/c1-12-16(17(21)23-11-15-4-2-3-9-22-15)10-19-20(12)14-7-5-13(18)6-8-14/h5-8,10,15H,2-4,9,11H2,1H3. The molecule has 1 fully saturated rings. The van der Waals surface area contributed by atoms with E-state index in [1.807, 2.05) is 0 Å². The summed E-state index contributed by atoms with van der Waals surface area (Å²) in [5.41, 5.74) is 1.76. The highest BCUT2D eigenvalue weighted by atomic mass is 19.1. The summed E-state index contributed by atoms with van der Waals surface area (Å²) < 4.78 is 25.5. The Kier molecular flexibility index (Phi) is 4.71. The molecule has 1 unspecified atom stereocenters. The minimum absolute atomic E-state index is 0.0138. The normalized spacial score (nSPS) is 17.9. The summed E-state index contributed by atoms with van der Waals surface area (Å²) in [5.74, 6) is -0.726. The molecule has 1 saturated heterocycles. The largest absolute Gasteiger partial charge is 0.459 e. The van der Waals surface area contributed by atoms with Crippen LogP contribution in [0, 0.1) is 12.7 Å². The lowest BCUT2D eigenvalue weighted by Crippen LogP contribution is -2.26. The van der Waals surface area contributed by atoms with Crippen molar-refractivity contribution >= 4 is 5.97 Å². The molecule has 122 valence electrons. The fourth-order valence-electron chi connectivity index (χ4n) is 2.64. The van der Waals surface area contributed by atoms with Gasteiger partial charge in [-0.2, -0.15) is 5.10 Å². The summed E-state index contributed by atoms with van der Waals surface area (Å²) in [5, 5.41) is 4.19. The summed E-state index contributed by atoms with van der Waals surface area (Å²) in [7, 11) is 0. The first-order valence-corrected chi connectivity index (χ1v) is 7.74. The third kappa shape index (κ3) is 3.59. The molecule has 0 spiro atoms. The van der Waals surface area contributed by atoms with Crippen molar-refractivity contribution in [3.63, 3.8) is 0 Å².